The molecule has 0 saturated heterocycles. The summed E-state index contributed by atoms with van der Waals surface area (Å²) < 4.78 is 49.0. The molecule has 0 bridgehead atoms. The van der Waals surface area contributed by atoms with E-state index in [1.165, 1.54) is 0 Å². The highest BCUT2D eigenvalue weighted by Gasteiger charge is 2.29. The fraction of sp³-hybridized carbons (Fsp3) is 1.00. The van der Waals surface area contributed by atoms with E-state index in [0.29, 0.717) is 5.33 Å². The third-order valence-electron chi connectivity index (χ3n) is 1.68. The molecule has 0 rings (SSSR count). The zero-order chi connectivity index (χ0) is 13.0. The average Bonchev–Trinajstić information content (AvgIpc) is 1.97. The number of halogens is 3. The quantitative estimate of drug-likeness (QED) is 0.704. The average molecular weight is 322 g/mol. The van der Waals surface area contributed by atoms with Crippen LogP contribution in [0, 0.1) is 5.41 Å². The molecule has 3 nitrogen and oxygen atoms in total. The SMILES string of the molecule is CC(C)(C)CS(=O)(=O)N(CCBr)CC(F)F. The van der Waals surface area contributed by atoms with Crippen LogP contribution in [-0.2, 0) is 10.0 Å². The first-order chi connectivity index (χ1) is 7.08. The lowest BCUT2D eigenvalue weighted by Crippen LogP contribution is -2.40. The van der Waals surface area contributed by atoms with Crippen molar-refractivity contribution in [3.8, 4) is 0 Å². The molecule has 98 valence electrons. The van der Waals surface area contributed by atoms with Gasteiger partial charge < -0.3 is 0 Å². The molecule has 0 radical (unpaired) electrons. The molecular formula is C9H18BrF2NO2S. The molecule has 0 aliphatic heterocycles. The first-order valence-corrected chi connectivity index (χ1v) is 7.63. The summed E-state index contributed by atoms with van der Waals surface area (Å²) in [5, 5.41) is 0.350. The Hall–Kier alpha value is 0.250. The molecule has 0 unspecified atom stereocenters. The minimum absolute atomic E-state index is 0.0722. The standard InChI is InChI=1S/C9H18BrF2NO2S/c1-9(2,3)7-16(14,15)13(5-4-10)6-8(11)12/h8H,4-7H2,1-3H3. The topological polar surface area (TPSA) is 37.4 Å². The highest BCUT2D eigenvalue weighted by Crippen LogP contribution is 2.19. The fourth-order valence-electron chi connectivity index (χ4n) is 1.23. The molecule has 0 aliphatic carbocycles. The van der Waals surface area contributed by atoms with E-state index in [4.69, 9.17) is 0 Å². The van der Waals surface area contributed by atoms with E-state index in [1.54, 1.807) is 20.8 Å². The van der Waals surface area contributed by atoms with E-state index in [-0.39, 0.29) is 12.3 Å². The van der Waals surface area contributed by atoms with Gasteiger partial charge in [-0.25, -0.2) is 17.2 Å². The Morgan fingerprint density at radius 2 is 1.81 bits per heavy atom. The monoisotopic (exact) mass is 321 g/mol. The second kappa shape index (κ2) is 6.26. The number of nitrogens with zero attached hydrogens (tertiary/aromatic N) is 1. The van der Waals surface area contributed by atoms with Crippen molar-refractivity contribution in [2.24, 2.45) is 5.41 Å². The van der Waals surface area contributed by atoms with Crippen molar-refractivity contribution in [3.63, 3.8) is 0 Å². The van der Waals surface area contributed by atoms with Crippen molar-refractivity contribution in [3.05, 3.63) is 0 Å². The van der Waals surface area contributed by atoms with E-state index in [9.17, 15) is 17.2 Å². The van der Waals surface area contributed by atoms with Crippen molar-refractivity contribution in [2.45, 2.75) is 27.2 Å². The van der Waals surface area contributed by atoms with Gasteiger partial charge >= 0.3 is 0 Å². The van der Waals surface area contributed by atoms with Gasteiger partial charge in [0, 0.05) is 11.9 Å². The number of rotatable bonds is 6. The van der Waals surface area contributed by atoms with Gasteiger partial charge in [-0.2, -0.15) is 4.31 Å². The van der Waals surface area contributed by atoms with Crippen LogP contribution in [0.25, 0.3) is 0 Å². The first kappa shape index (κ1) is 16.2. The molecule has 0 saturated carbocycles. The van der Waals surface area contributed by atoms with Crippen molar-refractivity contribution >= 4 is 26.0 Å². The molecule has 0 heterocycles. The minimum atomic E-state index is -3.61. The summed E-state index contributed by atoms with van der Waals surface area (Å²) in [6.07, 6.45) is -2.64. The molecule has 0 spiro atoms. The molecule has 0 aromatic rings. The van der Waals surface area contributed by atoms with Crippen LogP contribution in [0.5, 0.6) is 0 Å². The Balaban J connectivity index is 4.76. The molecule has 0 fully saturated rings. The second-order valence-electron chi connectivity index (χ2n) is 4.75. The molecule has 0 atom stereocenters. The van der Waals surface area contributed by atoms with Crippen LogP contribution < -0.4 is 0 Å². The summed E-state index contributed by atoms with van der Waals surface area (Å²) in [5.41, 5.74) is -0.439. The van der Waals surface area contributed by atoms with Crippen LogP contribution in [-0.4, -0.2) is 43.3 Å². The maximum atomic E-state index is 12.3. The highest BCUT2D eigenvalue weighted by atomic mass is 79.9. The maximum absolute atomic E-state index is 12.3. The van der Waals surface area contributed by atoms with Crippen LogP contribution in [0.2, 0.25) is 0 Å². The predicted molar refractivity (Wildman–Crippen MR) is 64.6 cm³/mol. The molecule has 0 aromatic carbocycles. The Morgan fingerprint density at radius 1 is 1.31 bits per heavy atom. The Kier molecular flexibility index (Phi) is 6.35. The van der Waals surface area contributed by atoms with Gasteiger partial charge in [-0.15, -0.1) is 0 Å². The molecule has 7 heteroatoms. The number of hydrogen-bond donors (Lipinski definition) is 0. The van der Waals surface area contributed by atoms with E-state index in [1.807, 2.05) is 0 Å². The molecule has 0 aliphatic rings. The summed E-state index contributed by atoms with van der Waals surface area (Å²) in [6.45, 7) is 4.63. The van der Waals surface area contributed by atoms with E-state index >= 15 is 0 Å². The largest absolute Gasteiger partial charge is 0.252 e. The summed E-state index contributed by atoms with van der Waals surface area (Å²) in [4.78, 5) is 0. The van der Waals surface area contributed by atoms with Crippen LogP contribution >= 0.6 is 15.9 Å². The Labute approximate surface area is 104 Å². The first-order valence-electron chi connectivity index (χ1n) is 4.90. The van der Waals surface area contributed by atoms with Crippen molar-refractivity contribution in [2.75, 3.05) is 24.2 Å². The van der Waals surface area contributed by atoms with E-state index < -0.39 is 28.4 Å². The number of sulfonamides is 1. The Morgan fingerprint density at radius 3 is 2.12 bits per heavy atom. The lowest BCUT2D eigenvalue weighted by atomic mass is 10.0. The molecular weight excluding hydrogens is 304 g/mol. The van der Waals surface area contributed by atoms with E-state index in [0.717, 1.165) is 4.31 Å². The summed E-state index contributed by atoms with van der Waals surface area (Å²) in [6, 6.07) is 0. The predicted octanol–water partition coefficient (Wildman–Crippen LogP) is 2.32. The van der Waals surface area contributed by atoms with Gasteiger partial charge in [0.2, 0.25) is 10.0 Å². The van der Waals surface area contributed by atoms with Crippen LogP contribution in [0.4, 0.5) is 8.78 Å². The smallest absolute Gasteiger partial charge is 0.212 e. The second-order valence-corrected chi connectivity index (χ2v) is 7.52. The van der Waals surface area contributed by atoms with Crippen LogP contribution in [0.3, 0.4) is 0 Å². The van der Waals surface area contributed by atoms with Gasteiger partial charge in [0.15, 0.2) is 0 Å². The summed E-state index contributed by atoms with van der Waals surface area (Å²) >= 11 is 3.06. The summed E-state index contributed by atoms with van der Waals surface area (Å²) in [7, 11) is -3.61. The van der Waals surface area contributed by atoms with Crippen LogP contribution in [0.1, 0.15) is 20.8 Å². The molecule has 0 amide bonds. The Bertz CT molecular complexity index is 301. The molecule has 0 N–H and O–H groups in total. The highest BCUT2D eigenvalue weighted by molar-refractivity contribution is 9.09. The van der Waals surface area contributed by atoms with E-state index in [2.05, 4.69) is 15.9 Å². The van der Waals surface area contributed by atoms with Gasteiger partial charge in [-0.05, 0) is 5.41 Å². The third-order valence-corrected chi connectivity index (χ3v) is 4.39. The lowest BCUT2D eigenvalue weighted by Gasteiger charge is -2.25. The zero-order valence-electron chi connectivity index (χ0n) is 9.71. The van der Waals surface area contributed by atoms with Crippen LogP contribution in [0.15, 0.2) is 0 Å². The van der Waals surface area contributed by atoms with Crippen molar-refractivity contribution < 1.29 is 17.2 Å². The summed E-state index contributed by atoms with van der Waals surface area (Å²) in [5.74, 6) is -0.125. The zero-order valence-corrected chi connectivity index (χ0v) is 12.1. The van der Waals surface area contributed by atoms with Crippen molar-refractivity contribution in [1.82, 2.24) is 4.31 Å². The van der Waals surface area contributed by atoms with Gasteiger partial charge in [0.25, 0.3) is 6.43 Å². The minimum Gasteiger partial charge on any atom is -0.212 e. The fourth-order valence-corrected chi connectivity index (χ4v) is 3.88. The molecule has 0 aromatic heterocycles. The lowest BCUT2D eigenvalue weighted by molar-refractivity contribution is 0.121. The van der Waals surface area contributed by atoms with Crippen molar-refractivity contribution in [1.29, 1.82) is 0 Å². The maximum Gasteiger partial charge on any atom is 0.252 e. The van der Waals surface area contributed by atoms with Gasteiger partial charge in [0.1, 0.15) is 0 Å². The normalized spacial score (nSPS) is 13.8. The third kappa shape index (κ3) is 6.75. The van der Waals surface area contributed by atoms with Gasteiger partial charge in [0.05, 0.1) is 12.3 Å². The van der Waals surface area contributed by atoms with Gasteiger partial charge in [-0.1, -0.05) is 36.7 Å². The van der Waals surface area contributed by atoms with Gasteiger partial charge in [-0.3, -0.25) is 0 Å². The molecule has 16 heavy (non-hydrogen) atoms. The number of hydrogen-bond acceptors (Lipinski definition) is 2. The number of alkyl halides is 3.